The third-order valence-corrected chi connectivity index (χ3v) is 6.44. The fraction of sp³-hybridized carbons (Fsp3) is 0.688. The van der Waals surface area contributed by atoms with Crippen LogP contribution in [0.3, 0.4) is 0 Å². The van der Waals surface area contributed by atoms with Crippen LogP contribution >= 0.6 is 23.1 Å². The summed E-state index contributed by atoms with van der Waals surface area (Å²) in [6.45, 7) is 4.57. The Morgan fingerprint density at radius 1 is 1.23 bits per heavy atom. The van der Waals surface area contributed by atoms with Crippen LogP contribution in [-0.4, -0.2) is 59.6 Å². The number of carbonyl (C=O) groups excluding carboxylic acids is 1. The van der Waals surface area contributed by atoms with E-state index in [1.165, 1.54) is 29.2 Å². The van der Waals surface area contributed by atoms with E-state index in [9.17, 15) is 4.79 Å². The third kappa shape index (κ3) is 4.40. The maximum absolute atomic E-state index is 12.3. The van der Waals surface area contributed by atoms with Crippen LogP contribution in [0.2, 0.25) is 0 Å². The van der Waals surface area contributed by atoms with E-state index in [1.54, 1.807) is 11.3 Å². The first kappa shape index (κ1) is 16.1. The largest absolute Gasteiger partial charge is 0.333 e. The van der Waals surface area contributed by atoms with Gasteiger partial charge < -0.3 is 10.2 Å². The number of nitrogens with zero attached hydrogens (tertiary/aromatic N) is 2. The minimum Gasteiger partial charge on any atom is -0.333 e. The minimum absolute atomic E-state index is 0.0921. The third-order valence-electron chi connectivity index (χ3n) is 4.52. The molecule has 3 rings (SSSR count). The van der Waals surface area contributed by atoms with Gasteiger partial charge in [0.05, 0.1) is 6.54 Å². The maximum atomic E-state index is 12.3. The van der Waals surface area contributed by atoms with Crippen LogP contribution in [-0.2, 0) is 6.54 Å². The summed E-state index contributed by atoms with van der Waals surface area (Å²) in [6.07, 6.45) is 3.72. The van der Waals surface area contributed by atoms with Gasteiger partial charge in [-0.25, -0.2) is 4.79 Å². The van der Waals surface area contributed by atoms with Crippen molar-refractivity contribution in [2.75, 3.05) is 37.7 Å². The molecule has 2 aliphatic heterocycles. The molecule has 0 saturated carbocycles. The molecule has 2 amide bonds. The van der Waals surface area contributed by atoms with Crippen molar-refractivity contribution in [3.05, 3.63) is 22.4 Å². The predicted octanol–water partition coefficient (Wildman–Crippen LogP) is 2.86. The summed E-state index contributed by atoms with van der Waals surface area (Å²) in [7, 11) is 0. The SMILES string of the molecule is O=C(NCc1cccs1)N1CCCN(C2CCSCC2)CC1. The first-order valence-electron chi connectivity index (χ1n) is 8.20. The van der Waals surface area contributed by atoms with Crippen LogP contribution in [0.1, 0.15) is 24.1 Å². The van der Waals surface area contributed by atoms with Crippen LogP contribution < -0.4 is 5.32 Å². The standard InChI is InChI=1S/C16H25N3OS2/c20-16(17-13-15-3-1-10-22-15)19-7-2-6-18(8-9-19)14-4-11-21-12-5-14/h1,3,10,14H,2,4-9,11-13H2,(H,17,20). The van der Waals surface area contributed by atoms with Crippen molar-refractivity contribution in [1.29, 1.82) is 0 Å². The maximum Gasteiger partial charge on any atom is 0.317 e. The van der Waals surface area contributed by atoms with E-state index < -0.39 is 0 Å². The molecule has 0 aliphatic carbocycles. The normalized spacial score (nSPS) is 21.5. The van der Waals surface area contributed by atoms with Gasteiger partial charge in [-0.1, -0.05) is 6.07 Å². The van der Waals surface area contributed by atoms with Gasteiger partial charge in [0.2, 0.25) is 0 Å². The smallest absolute Gasteiger partial charge is 0.317 e. The summed E-state index contributed by atoms with van der Waals surface area (Å²) < 4.78 is 0. The molecule has 22 heavy (non-hydrogen) atoms. The molecule has 6 heteroatoms. The van der Waals surface area contributed by atoms with Gasteiger partial charge in [0.15, 0.2) is 0 Å². The molecule has 3 heterocycles. The summed E-state index contributed by atoms with van der Waals surface area (Å²) in [5.41, 5.74) is 0. The highest BCUT2D eigenvalue weighted by Crippen LogP contribution is 2.22. The molecule has 1 N–H and O–H groups in total. The number of nitrogens with one attached hydrogen (secondary N) is 1. The highest BCUT2D eigenvalue weighted by Gasteiger charge is 2.25. The molecule has 0 aromatic carbocycles. The first-order chi connectivity index (χ1) is 10.8. The summed E-state index contributed by atoms with van der Waals surface area (Å²) in [6, 6.07) is 4.93. The van der Waals surface area contributed by atoms with Crippen molar-refractivity contribution in [3.8, 4) is 0 Å². The molecule has 2 saturated heterocycles. The lowest BCUT2D eigenvalue weighted by atomic mass is 10.1. The van der Waals surface area contributed by atoms with Crippen LogP contribution in [0.25, 0.3) is 0 Å². The monoisotopic (exact) mass is 339 g/mol. The Bertz CT molecular complexity index is 460. The van der Waals surface area contributed by atoms with Crippen molar-refractivity contribution in [2.45, 2.75) is 31.8 Å². The van der Waals surface area contributed by atoms with Crippen LogP contribution in [0.5, 0.6) is 0 Å². The lowest BCUT2D eigenvalue weighted by Gasteiger charge is -2.33. The van der Waals surface area contributed by atoms with Crippen LogP contribution in [0.4, 0.5) is 4.79 Å². The molecule has 0 atom stereocenters. The van der Waals surface area contributed by atoms with Crippen LogP contribution in [0, 0.1) is 0 Å². The van der Waals surface area contributed by atoms with Crippen LogP contribution in [0.15, 0.2) is 17.5 Å². The minimum atomic E-state index is 0.0921. The van der Waals surface area contributed by atoms with Gasteiger partial charge in [-0.2, -0.15) is 11.8 Å². The molecule has 0 spiro atoms. The average molecular weight is 340 g/mol. The molecule has 0 bridgehead atoms. The number of urea groups is 1. The average Bonchev–Trinajstić information content (AvgIpc) is 2.96. The Balaban J connectivity index is 1.45. The lowest BCUT2D eigenvalue weighted by Crippen LogP contribution is -2.43. The van der Waals surface area contributed by atoms with Crippen molar-refractivity contribution < 1.29 is 4.79 Å². The zero-order valence-corrected chi connectivity index (χ0v) is 14.6. The molecule has 1 aromatic heterocycles. The van der Waals surface area contributed by atoms with Crippen molar-refractivity contribution in [2.24, 2.45) is 0 Å². The van der Waals surface area contributed by atoms with Gasteiger partial charge in [0, 0.05) is 37.1 Å². The Kier molecular flexibility index (Phi) is 6.04. The molecule has 4 nitrogen and oxygen atoms in total. The summed E-state index contributed by atoms with van der Waals surface area (Å²) in [5, 5.41) is 5.10. The van der Waals surface area contributed by atoms with E-state index in [0.717, 1.165) is 38.6 Å². The van der Waals surface area contributed by atoms with E-state index >= 15 is 0 Å². The molecule has 1 aromatic rings. The van der Waals surface area contributed by atoms with E-state index in [-0.39, 0.29) is 6.03 Å². The van der Waals surface area contributed by atoms with E-state index in [2.05, 4.69) is 28.0 Å². The van der Waals surface area contributed by atoms with Gasteiger partial charge in [0.25, 0.3) is 0 Å². The van der Waals surface area contributed by atoms with E-state index in [4.69, 9.17) is 0 Å². The fourth-order valence-corrected chi connectivity index (χ4v) is 4.97. The summed E-state index contributed by atoms with van der Waals surface area (Å²) in [4.78, 5) is 18.1. The number of thioether (sulfide) groups is 1. The number of thiophene rings is 1. The quantitative estimate of drug-likeness (QED) is 0.920. The number of carbonyl (C=O) groups is 1. The van der Waals surface area contributed by atoms with Crippen molar-refractivity contribution in [3.63, 3.8) is 0 Å². The van der Waals surface area contributed by atoms with Gasteiger partial charge >= 0.3 is 6.03 Å². The van der Waals surface area contributed by atoms with E-state index in [0.29, 0.717) is 6.54 Å². The number of rotatable bonds is 3. The Morgan fingerprint density at radius 2 is 2.09 bits per heavy atom. The molecule has 2 aliphatic rings. The molecular weight excluding hydrogens is 314 g/mol. The predicted molar refractivity (Wildman–Crippen MR) is 94.7 cm³/mol. The second-order valence-corrected chi connectivity index (χ2v) is 8.22. The highest BCUT2D eigenvalue weighted by atomic mass is 32.2. The zero-order chi connectivity index (χ0) is 15.2. The van der Waals surface area contributed by atoms with Gasteiger partial charge in [-0.05, 0) is 42.2 Å². The summed E-state index contributed by atoms with van der Waals surface area (Å²) in [5.74, 6) is 2.60. The number of hydrogen-bond acceptors (Lipinski definition) is 4. The van der Waals surface area contributed by atoms with E-state index in [1.807, 2.05) is 16.3 Å². The number of hydrogen-bond donors (Lipinski definition) is 1. The molecular formula is C16H25N3OS2. The zero-order valence-electron chi connectivity index (χ0n) is 13.0. The second kappa shape index (κ2) is 8.22. The lowest BCUT2D eigenvalue weighted by molar-refractivity contribution is 0.181. The Morgan fingerprint density at radius 3 is 2.86 bits per heavy atom. The number of amides is 2. The van der Waals surface area contributed by atoms with Gasteiger partial charge in [-0.15, -0.1) is 11.3 Å². The highest BCUT2D eigenvalue weighted by molar-refractivity contribution is 7.99. The fourth-order valence-electron chi connectivity index (χ4n) is 3.24. The Hall–Kier alpha value is -0.720. The molecule has 0 radical (unpaired) electrons. The van der Waals surface area contributed by atoms with Gasteiger partial charge in [0.1, 0.15) is 0 Å². The van der Waals surface area contributed by atoms with Crippen molar-refractivity contribution in [1.82, 2.24) is 15.1 Å². The second-order valence-electron chi connectivity index (χ2n) is 5.96. The summed E-state index contributed by atoms with van der Waals surface area (Å²) >= 11 is 3.77. The van der Waals surface area contributed by atoms with Crippen molar-refractivity contribution >= 4 is 29.1 Å². The molecule has 0 unspecified atom stereocenters. The first-order valence-corrected chi connectivity index (χ1v) is 10.2. The Labute approximate surface area is 141 Å². The molecule has 2 fully saturated rings. The molecule has 122 valence electrons. The van der Waals surface area contributed by atoms with Gasteiger partial charge in [-0.3, -0.25) is 4.90 Å². The topological polar surface area (TPSA) is 35.6 Å².